The van der Waals surface area contributed by atoms with E-state index in [1.807, 2.05) is 0 Å². The van der Waals surface area contributed by atoms with Gasteiger partial charge < -0.3 is 14.2 Å². The summed E-state index contributed by atoms with van der Waals surface area (Å²) in [6, 6.07) is 4.13. The number of rotatable bonds is 14. The van der Waals surface area contributed by atoms with E-state index in [4.69, 9.17) is 0 Å². The minimum Gasteiger partial charge on any atom is -0.321 e. The normalized spacial score (nSPS) is 13.1. The molecule has 0 fully saturated rings. The van der Waals surface area contributed by atoms with Crippen molar-refractivity contribution in [2.75, 3.05) is 19.6 Å². The molecule has 2 N–H and O–H groups in total. The second-order valence-corrected chi connectivity index (χ2v) is 15.6. The minimum absolute atomic E-state index is 1.16. The van der Waals surface area contributed by atoms with E-state index < -0.39 is 16.8 Å². The van der Waals surface area contributed by atoms with Crippen molar-refractivity contribution in [2.24, 2.45) is 0 Å². The Morgan fingerprint density at radius 3 is 1.41 bits per heavy atom. The molecule has 134 valence electrons. The summed E-state index contributed by atoms with van der Waals surface area (Å²) < 4.78 is 2.96. The van der Waals surface area contributed by atoms with Crippen LogP contribution in [0, 0.1) is 0 Å². The molecule has 0 atom stereocenters. The highest BCUT2D eigenvalue weighted by Gasteiger charge is 2.45. The molecule has 3 nitrogen and oxygen atoms in total. The molecule has 0 aromatic heterocycles. The van der Waals surface area contributed by atoms with Crippen molar-refractivity contribution < 1.29 is 0 Å². The molecular formula is C17H43N3Si2. The van der Waals surface area contributed by atoms with Gasteiger partial charge in [-0.25, -0.2) is 0 Å². The van der Waals surface area contributed by atoms with Crippen molar-refractivity contribution >= 4 is 16.8 Å². The summed E-state index contributed by atoms with van der Waals surface area (Å²) in [6.45, 7) is 20.3. The van der Waals surface area contributed by atoms with Crippen LogP contribution in [0.2, 0.25) is 24.7 Å². The molecular weight excluding hydrogens is 302 g/mol. The van der Waals surface area contributed by atoms with Gasteiger partial charge in [-0.2, -0.15) is 0 Å². The van der Waals surface area contributed by atoms with Crippen LogP contribution in [0.25, 0.3) is 0 Å². The van der Waals surface area contributed by atoms with Gasteiger partial charge in [0.1, 0.15) is 8.24 Å². The van der Waals surface area contributed by atoms with E-state index >= 15 is 0 Å². The average molecular weight is 346 g/mol. The Kier molecular flexibility index (Phi) is 12.0. The van der Waals surface area contributed by atoms with E-state index in [9.17, 15) is 0 Å². The number of nitrogens with one attached hydrogen (secondary N) is 2. The second kappa shape index (κ2) is 11.8. The first-order chi connectivity index (χ1) is 10.5. The van der Waals surface area contributed by atoms with Crippen LogP contribution < -0.4 is 9.96 Å². The van der Waals surface area contributed by atoms with E-state index in [1.54, 1.807) is 0 Å². The highest BCUT2D eigenvalue weighted by molar-refractivity contribution is 6.90. The van der Waals surface area contributed by atoms with Gasteiger partial charge in [0.05, 0.1) is 0 Å². The van der Waals surface area contributed by atoms with Gasteiger partial charge in [0.25, 0.3) is 8.56 Å². The van der Waals surface area contributed by atoms with E-state index in [0.29, 0.717) is 0 Å². The van der Waals surface area contributed by atoms with Crippen LogP contribution in [-0.2, 0) is 0 Å². The summed E-state index contributed by atoms with van der Waals surface area (Å²) in [5, 5.41) is 0. The Morgan fingerprint density at radius 1 is 0.727 bits per heavy atom. The lowest BCUT2D eigenvalue weighted by Crippen LogP contribution is -2.78. The Labute approximate surface area is 143 Å². The maximum Gasteiger partial charge on any atom is 0.274 e. The van der Waals surface area contributed by atoms with Crippen LogP contribution in [0.1, 0.15) is 67.2 Å². The standard InChI is InChI=1S/C17H43N3Si2/c1-8-14-16-18-21(7,19-17-15-9-2)20(10-3)22(11-4,12-5)13-6/h18-19H,8-17H2,1-7H3. The van der Waals surface area contributed by atoms with Gasteiger partial charge in [0.15, 0.2) is 0 Å². The van der Waals surface area contributed by atoms with Gasteiger partial charge in [-0.05, 0) is 57.2 Å². The molecule has 0 bridgehead atoms. The lowest BCUT2D eigenvalue weighted by molar-refractivity contribution is 0.554. The highest BCUT2D eigenvalue weighted by atomic mass is 28.4. The van der Waals surface area contributed by atoms with Crippen LogP contribution in [0.5, 0.6) is 0 Å². The van der Waals surface area contributed by atoms with Crippen molar-refractivity contribution in [3.8, 4) is 0 Å². The van der Waals surface area contributed by atoms with Gasteiger partial charge in [-0.15, -0.1) is 0 Å². The molecule has 0 aromatic carbocycles. The lowest BCUT2D eigenvalue weighted by Gasteiger charge is -2.50. The quantitative estimate of drug-likeness (QED) is 0.354. The zero-order valence-corrected chi connectivity index (χ0v) is 18.5. The molecule has 0 saturated heterocycles. The van der Waals surface area contributed by atoms with Crippen molar-refractivity contribution in [1.82, 2.24) is 14.2 Å². The van der Waals surface area contributed by atoms with E-state index in [2.05, 4.69) is 62.3 Å². The fourth-order valence-corrected chi connectivity index (χ4v) is 15.2. The number of hydrogen-bond donors (Lipinski definition) is 2. The van der Waals surface area contributed by atoms with E-state index in [-0.39, 0.29) is 0 Å². The number of nitrogens with zero attached hydrogens (tertiary/aromatic N) is 1. The molecule has 0 spiro atoms. The Balaban J connectivity index is 5.27. The summed E-state index contributed by atoms with van der Waals surface area (Å²) in [6.07, 6.45) is 5.12. The van der Waals surface area contributed by atoms with Gasteiger partial charge in [-0.3, -0.25) is 0 Å². The highest BCUT2D eigenvalue weighted by Crippen LogP contribution is 2.28. The smallest absolute Gasteiger partial charge is 0.274 e. The predicted molar refractivity (Wildman–Crippen MR) is 107 cm³/mol. The number of unbranched alkanes of at least 4 members (excludes halogenated alkanes) is 2. The third-order valence-corrected chi connectivity index (χ3v) is 16.8. The first kappa shape index (κ1) is 22.3. The maximum atomic E-state index is 4.00. The summed E-state index contributed by atoms with van der Waals surface area (Å²) in [7, 11) is -3.09. The van der Waals surface area contributed by atoms with Gasteiger partial charge in [0.2, 0.25) is 0 Å². The predicted octanol–water partition coefficient (Wildman–Crippen LogP) is 4.66. The fraction of sp³-hybridized carbons (Fsp3) is 1.00. The van der Waals surface area contributed by atoms with Crippen molar-refractivity contribution in [1.29, 1.82) is 0 Å². The van der Waals surface area contributed by atoms with Crippen molar-refractivity contribution in [3.05, 3.63) is 0 Å². The van der Waals surface area contributed by atoms with Gasteiger partial charge in [-0.1, -0.05) is 54.4 Å². The first-order valence-corrected chi connectivity index (χ1v) is 14.8. The minimum atomic E-state index is -1.76. The second-order valence-electron chi connectivity index (χ2n) is 6.66. The molecule has 0 aliphatic rings. The molecule has 0 rings (SSSR count). The van der Waals surface area contributed by atoms with Crippen molar-refractivity contribution in [3.63, 3.8) is 0 Å². The Hall–Kier alpha value is 0.314. The zero-order valence-electron chi connectivity index (χ0n) is 16.5. The van der Waals surface area contributed by atoms with Crippen LogP contribution >= 0.6 is 0 Å². The molecule has 5 heteroatoms. The third-order valence-electron chi connectivity index (χ3n) is 5.40. The summed E-state index contributed by atoms with van der Waals surface area (Å²) in [4.78, 5) is 8.01. The molecule has 0 heterocycles. The number of hydrogen-bond acceptors (Lipinski definition) is 3. The topological polar surface area (TPSA) is 27.3 Å². The largest absolute Gasteiger partial charge is 0.321 e. The molecule has 0 unspecified atom stereocenters. The third kappa shape index (κ3) is 6.08. The molecule has 0 aromatic rings. The molecule has 0 amide bonds. The fourth-order valence-electron chi connectivity index (χ4n) is 3.72. The summed E-state index contributed by atoms with van der Waals surface area (Å²) in [5.41, 5.74) is 0. The van der Waals surface area contributed by atoms with E-state index in [0.717, 1.165) is 13.1 Å². The SMILES string of the molecule is CCCCN[Si](C)(NCCCC)N(CC)[Si](CC)(CC)CC. The van der Waals surface area contributed by atoms with Gasteiger partial charge >= 0.3 is 0 Å². The molecule has 22 heavy (non-hydrogen) atoms. The average Bonchev–Trinajstić information content (AvgIpc) is 2.53. The van der Waals surface area contributed by atoms with Crippen LogP contribution in [0.3, 0.4) is 0 Å². The van der Waals surface area contributed by atoms with E-state index in [1.165, 1.54) is 50.4 Å². The summed E-state index contributed by atoms with van der Waals surface area (Å²) in [5.74, 6) is 0. The first-order valence-electron chi connectivity index (χ1n) is 9.77. The molecule has 0 saturated carbocycles. The zero-order chi connectivity index (χ0) is 17.1. The molecule has 0 radical (unpaired) electrons. The van der Waals surface area contributed by atoms with Gasteiger partial charge in [0, 0.05) is 0 Å². The Morgan fingerprint density at radius 2 is 1.14 bits per heavy atom. The molecule has 0 aliphatic carbocycles. The van der Waals surface area contributed by atoms with Crippen molar-refractivity contribution in [2.45, 2.75) is 91.9 Å². The molecule has 0 aliphatic heterocycles. The maximum absolute atomic E-state index is 4.00. The lowest BCUT2D eigenvalue weighted by atomic mass is 10.3. The Bertz CT molecular complexity index is 252. The van der Waals surface area contributed by atoms with Crippen LogP contribution in [-0.4, -0.2) is 40.7 Å². The summed E-state index contributed by atoms with van der Waals surface area (Å²) >= 11 is 0. The van der Waals surface area contributed by atoms with Crippen LogP contribution in [0.4, 0.5) is 0 Å². The van der Waals surface area contributed by atoms with Crippen LogP contribution in [0.15, 0.2) is 0 Å². The monoisotopic (exact) mass is 345 g/mol.